The molecule has 3 rings (SSSR count). The van der Waals surface area contributed by atoms with Crippen LogP contribution in [0.15, 0.2) is 48.5 Å². The second-order valence-corrected chi connectivity index (χ2v) is 5.35. The van der Waals surface area contributed by atoms with E-state index < -0.39 is 0 Å². The summed E-state index contributed by atoms with van der Waals surface area (Å²) in [6, 6.07) is 17.6. The minimum Gasteiger partial charge on any atom is -0.294 e. The van der Waals surface area contributed by atoms with Crippen LogP contribution in [0.1, 0.15) is 29.2 Å². The average Bonchev–Trinajstić information content (AvgIpc) is 2.47. The molecular weight excluding hydrogens is 230 g/mol. The Kier molecular flexibility index (Phi) is 3.65. The molecule has 0 bridgehead atoms. The molecule has 0 saturated carbocycles. The summed E-state index contributed by atoms with van der Waals surface area (Å²) in [4.78, 5) is 2.55. The second-order valence-electron chi connectivity index (χ2n) is 5.35. The van der Waals surface area contributed by atoms with Gasteiger partial charge in [-0.1, -0.05) is 55.5 Å². The maximum atomic E-state index is 2.55. The van der Waals surface area contributed by atoms with E-state index in [0.717, 1.165) is 19.5 Å². The summed E-state index contributed by atoms with van der Waals surface area (Å²) in [6.45, 7) is 5.60. The molecule has 0 unspecified atom stereocenters. The van der Waals surface area contributed by atoms with E-state index in [0.29, 0.717) is 0 Å². The van der Waals surface area contributed by atoms with E-state index >= 15 is 0 Å². The minimum absolute atomic E-state index is 1.07. The fourth-order valence-corrected chi connectivity index (χ4v) is 3.05. The normalized spacial score (nSPS) is 15.2. The summed E-state index contributed by atoms with van der Waals surface area (Å²) in [6.07, 6.45) is 2.36. The quantitative estimate of drug-likeness (QED) is 0.802. The third-order valence-corrected chi connectivity index (χ3v) is 4.07. The van der Waals surface area contributed by atoms with Crippen molar-refractivity contribution in [3.63, 3.8) is 0 Å². The van der Waals surface area contributed by atoms with Gasteiger partial charge in [-0.05, 0) is 35.1 Å². The summed E-state index contributed by atoms with van der Waals surface area (Å²) < 4.78 is 0. The zero-order chi connectivity index (χ0) is 13.1. The largest absolute Gasteiger partial charge is 0.294 e. The summed E-state index contributed by atoms with van der Waals surface area (Å²) in [5, 5.41) is 0. The molecule has 1 heterocycles. The Morgan fingerprint density at radius 1 is 1.00 bits per heavy atom. The van der Waals surface area contributed by atoms with Crippen molar-refractivity contribution in [2.24, 2.45) is 0 Å². The van der Waals surface area contributed by atoms with Crippen LogP contribution in [0.5, 0.6) is 0 Å². The van der Waals surface area contributed by atoms with Gasteiger partial charge in [0.1, 0.15) is 0 Å². The molecule has 1 aliphatic heterocycles. The molecule has 0 atom stereocenters. The third-order valence-electron chi connectivity index (χ3n) is 4.07. The van der Waals surface area contributed by atoms with Gasteiger partial charge in [0.15, 0.2) is 0 Å². The van der Waals surface area contributed by atoms with Crippen LogP contribution in [-0.4, -0.2) is 11.4 Å². The lowest BCUT2D eigenvalue weighted by molar-refractivity contribution is 0.245. The van der Waals surface area contributed by atoms with Crippen molar-refractivity contribution >= 4 is 0 Å². The van der Waals surface area contributed by atoms with Crippen LogP contribution < -0.4 is 0 Å². The van der Waals surface area contributed by atoms with Crippen molar-refractivity contribution in [2.45, 2.75) is 32.9 Å². The molecule has 0 amide bonds. The van der Waals surface area contributed by atoms with Crippen LogP contribution in [-0.2, 0) is 25.9 Å². The topological polar surface area (TPSA) is 3.24 Å². The van der Waals surface area contributed by atoms with Crippen LogP contribution in [0.4, 0.5) is 0 Å². The average molecular weight is 251 g/mol. The predicted molar refractivity (Wildman–Crippen MR) is 80.1 cm³/mol. The van der Waals surface area contributed by atoms with Crippen LogP contribution in [0.3, 0.4) is 0 Å². The Labute approximate surface area is 115 Å². The molecule has 0 aliphatic carbocycles. The van der Waals surface area contributed by atoms with Gasteiger partial charge in [0.05, 0.1) is 0 Å². The first-order valence-corrected chi connectivity index (χ1v) is 7.22. The molecule has 0 radical (unpaired) electrons. The van der Waals surface area contributed by atoms with Gasteiger partial charge in [-0.25, -0.2) is 0 Å². The van der Waals surface area contributed by atoms with Crippen LogP contribution in [0.2, 0.25) is 0 Å². The van der Waals surface area contributed by atoms with Crippen molar-refractivity contribution in [1.82, 2.24) is 4.90 Å². The summed E-state index contributed by atoms with van der Waals surface area (Å²) in [7, 11) is 0. The lowest BCUT2D eigenvalue weighted by Crippen LogP contribution is -2.30. The molecular formula is C18H21N. The van der Waals surface area contributed by atoms with Gasteiger partial charge in [-0.2, -0.15) is 0 Å². The maximum absolute atomic E-state index is 2.55. The van der Waals surface area contributed by atoms with Crippen LogP contribution >= 0.6 is 0 Å². The van der Waals surface area contributed by atoms with Gasteiger partial charge in [-0.15, -0.1) is 0 Å². The smallest absolute Gasteiger partial charge is 0.0240 e. The molecule has 0 spiro atoms. The molecule has 2 aromatic rings. The van der Waals surface area contributed by atoms with Crippen LogP contribution in [0.25, 0.3) is 0 Å². The van der Waals surface area contributed by atoms with Crippen molar-refractivity contribution in [2.75, 3.05) is 6.54 Å². The molecule has 0 fully saturated rings. The Morgan fingerprint density at radius 2 is 1.84 bits per heavy atom. The molecule has 0 saturated heterocycles. The van der Waals surface area contributed by atoms with E-state index in [1.54, 1.807) is 5.56 Å². The molecule has 1 nitrogen and oxygen atoms in total. The predicted octanol–water partition coefficient (Wildman–Crippen LogP) is 3.81. The molecule has 2 aromatic carbocycles. The number of rotatable bonds is 3. The molecule has 0 N–H and O–H groups in total. The van der Waals surface area contributed by atoms with E-state index in [4.69, 9.17) is 0 Å². The Morgan fingerprint density at radius 3 is 2.63 bits per heavy atom. The lowest BCUT2D eigenvalue weighted by Gasteiger charge is -2.30. The molecule has 1 aliphatic rings. The standard InChI is InChI=1S/C18H21N/c1-2-16-9-6-10-17-14-19(12-11-18(16)17)13-15-7-4-3-5-8-15/h3-10H,2,11-14H2,1H3. The third kappa shape index (κ3) is 2.71. The van der Waals surface area contributed by atoms with E-state index in [2.05, 4.69) is 60.4 Å². The van der Waals surface area contributed by atoms with Crippen molar-refractivity contribution in [3.05, 3.63) is 70.8 Å². The number of fused-ring (bicyclic) bond motifs is 1. The van der Waals surface area contributed by atoms with E-state index in [-0.39, 0.29) is 0 Å². The number of hydrogen-bond acceptors (Lipinski definition) is 1. The first kappa shape index (κ1) is 12.4. The molecule has 1 heteroatoms. The van der Waals surface area contributed by atoms with Crippen molar-refractivity contribution in [3.8, 4) is 0 Å². The highest BCUT2D eigenvalue weighted by Crippen LogP contribution is 2.24. The monoisotopic (exact) mass is 251 g/mol. The Bertz CT molecular complexity index is 545. The first-order valence-electron chi connectivity index (χ1n) is 7.22. The summed E-state index contributed by atoms with van der Waals surface area (Å²) >= 11 is 0. The van der Waals surface area contributed by atoms with Gasteiger partial charge in [0.25, 0.3) is 0 Å². The fraction of sp³-hybridized carbons (Fsp3) is 0.333. The molecule has 98 valence electrons. The number of nitrogens with zero attached hydrogens (tertiary/aromatic N) is 1. The highest BCUT2D eigenvalue weighted by molar-refractivity contribution is 5.37. The summed E-state index contributed by atoms with van der Waals surface area (Å²) in [5.74, 6) is 0. The zero-order valence-corrected chi connectivity index (χ0v) is 11.6. The van der Waals surface area contributed by atoms with Crippen molar-refractivity contribution in [1.29, 1.82) is 0 Å². The summed E-state index contributed by atoms with van der Waals surface area (Å²) in [5.41, 5.74) is 6.09. The zero-order valence-electron chi connectivity index (χ0n) is 11.6. The number of hydrogen-bond donors (Lipinski definition) is 0. The van der Waals surface area contributed by atoms with Gasteiger partial charge in [0, 0.05) is 19.6 Å². The van der Waals surface area contributed by atoms with Gasteiger partial charge in [-0.3, -0.25) is 4.90 Å². The second kappa shape index (κ2) is 5.58. The van der Waals surface area contributed by atoms with Gasteiger partial charge >= 0.3 is 0 Å². The molecule has 19 heavy (non-hydrogen) atoms. The Hall–Kier alpha value is -1.60. The SMILES string of the molecule is CCc1cccc2c1CCN(Cc1ccccc1)C2. The first-order chi connectivity index (χ1) is 9.36. The number of benzene rings is 2. The van der Waals surface area contributed by atoms with Crippen LogP contribution in [0, 0.1) is 0 Å². The van der Waals surface area contributed by atoms with E-state index in [1.165, 1.54) is 29.7 Å². The highest BCUT2D eigenvalue weighted by Gasteiger charge is 2.17. The van der Waals surface area contributed by atoms with Gasteiger partial charge < -0.3 is 0 Å². The fourth-order valence-electron chi connectivity index (χ4n) is 3.05. The van der Waals surface area contributed by atoms with Gasteiger partial charge in [0.2, 0.25) is 0 Å². The highest BCUT2D eigenvalue weighted by atomic mass is 15.1. The maximum Gasteiger partial charge on any atom is 0.0240 e. The number of aryl methyl sites for hydroxylation is 1. The van der Waals surface area contributed by atoms with Crippen molar-refractivity contribution < 1.29 is 0 Å². The van der Waals surface area contributed by atoms with E-state index in [1.807, 2.05) is 0 Å². The lowest BCUT2D eigenvalue weighted by atomic mass is 9.93. The molecule has 0 aromatic heterocycles. The van der Waals surface area contributed by atoms with E-state index in [9.17, 15) is 0 Å². The minimum atomic E-state index is 1.07. The Balaban J connectivity index is 1.76.